The van der Waals surface area contributed by atoms with Gasteiger partial charge in [-0.1, -0.05) is 6.92 Å². The van der Waals surface area contributed by atoms with Crippen LogP contribution in [-0.2, 0) is 0 Å². The van der Waals surface area contributed by atoms with Gasteiger partial charge >= 0.3 is 0 Å². The second-order valence-corrected chi connectivity index (χ2v) is 5.38. The maximum Gasteiger partial charge on any atom is 0.262 e. The van der Waals surface area contributed by atoms with E-state index in [-0.39, 0.29) is 11.6 Å². The van der Waals surface area contributed by atoms with Gasteiger partial charge in [0.15, 0.2) is 0 Å². The average Bonchev–Trinajstić information content (AvgIpc) is 2.55. The summed E-state index contributed by atoms with van der Waals surface area (Å²) in [6.07, 6.45) is 2.61. The highest BCUT2D eigenvalue weighted by atomic mass is 32.1. The Hall–Kier alpha value is -1.16. The van der Waals surface area contributed by atoms with Gasteiger partial charge in [0.05, 0.1) is 11.7 Å². The lowest BCUT2D eigenvalue weighted by Gasteiger charge is -2.11. The summed E-state index contributed by atoms with van der Waals surface area (Å²) in [5.74, 6) is 0. The normalized spacial score (nSPS) is 13.2. The van der Waals surface area contributed by atoms with Crippen LogP contribution in [0.5, 0.6) is 0 Å². The van der Waals surface area contributed by atoms with Crippen molar-refractivity contribution in [3.63, 3.8) is 0 Å². The molecule has 3 nitrogen and oxygen atoms in total. The minimum Gasteiger partial charge on any atom is -0.296 e. The SMILES string of the molecule is CCC(C)n1cnc2sc(C)c(C)c2c1=O. The van der Waals surface area contributed by atoms with Crippen molar-refractivity contribution in [1.82, 2.24) is 9.55 Å². The first-order valence-corrected chi connectivity index (χ1v) is 6.34. The van der Waals surface area contributed by atoms with E-state index in [2.05, 4.69) is 11.9 Å². The van der Waals surface area contributed by atoms with E-state index in [1.54, 1.807) is 22.2 Å². The molecule has 2 rings (SSSR count). The van der Waals surface area contributed by atoms with Crippen LogP contribution < -0.4 is 5.56 Å². The molecule has 0 bridgehead atoms. The predicted molar refractivity (Wildman–Crippen MR) is 68.4 cm³/mol. The Kier molecular flexibility index (Phi) is 2.84. The van der Waals surface area contributed by atoms with Gasteiger partial charge in [0.2, 0.25) is 0 Å². The fourth-order valence-electron chi connectivity index (χ4n) is 1.76. The molecule has 0 N–H and O–H groups in total. The highest BCUT2D eigenvalue weighted by molar-refractivity contribution is 7.18. The van der Waals surface area contributed by atoms with Gasteiger partial charge < -0.3 is 0 Å². The molecule has 0 aliphatic rings. The molecule has 0 aromatic carbocycles. The van der Waals surface area contributed by atoms with Gasteiger partial charge in [-0.2, -0.15) is 0 Å². The van der Waals surface area contributed by atoms with E-state index in [0.717, 1.165) is 22.2 Å². The van der Waals surface area contributed by atoms with E-state index < -0.39 is 0 Å². The van der Waals surface area contributed by atoms with Crippen LogP contribution >= 0.6 is 11.3 Å². The van der Waals surface area contributed by atoms with Gasteiger partial charge in [-0.25, -0.2) is 4.98 Å². The predicted octanol–water partition coefficient (Wildman–Crippen LogP) is 3.05. The number of aryl methyl sites for hydroxylation is 2. The first kappa shape index (κ1) is 11.3. The van der Waals surface area contributed by atoms with Crippen LogP contribution in [0.15, 0.2) is 11.1 Å². The first-order valence-electron chi connectivity index (χ1n) is 5.53. The van der Waals surface area contributed by atoms with Crippen molar-refractivity contribution in [3.8, 4) is 0 Å². The van der Waals surface area contributed by atoms with E-state index in [9.17, 15) is 4.79 Å². The monoisotopic (exact) mass is 236 g/mol. The van der Waals surface area contributed by atoms with E-state index in [1.165, 1.54) is 4.88 Å². The molecule has 86 valence electrons. The molecule has 0 saturated carbocycles. The van der Waals surface area contributed by atoms with Crippen LogP contribution in [0, 0.1) is 13.8 Å². The Bertz CT molecular complexity index is 582. The number of thiophene rings is 1. The van der Waals surface area contributed by atoms with Crippen molar-refractivity contribution in [2.24, 2.45) is 0 Å². The van der Waals surface area contributed by atoms with E-state index in [0.29, 0.717) is 0 Å². The summed E-state index contributed by atoms with van der Waals surface area (Å²) >= 11 is 1.60. The minimum absolute atomic E-state index is 0.0983. The van der Waals surface area contributed by atoms with Gasteiger partial charge in [-0.15, -0.1) is 11.3 Å². The van der Waals surface area contributed by atoms with E-state index in [1.807, 2.05) is 20.8 Å². The number of nitrogens with zero attached hydrogens (tertiary/aromatic N) is 2. The average molecular weight is 236 g/mol. The molecule has 0 spiro atoms. The summed E-state index contributed by atoms with van der Waals surface area (Å²) in [5, 5.41) is 0.797. The molecule has 1 atom stereocenters. The van der Waals surface area contributed by atoms with Crippen molar-refractivity contribution in [1.29, 1.82) is 0 Å². The van der Waals surface area contributed by atoms with Crippen LogP contribution in [0.2, 0.25) is 0 Å². The Morgan fingerprint density at radius 3 is 2.81 bits per heavy atom. The Labute approximate surface area is 98.8 Å². The topological polar surface area (TPSA) is 34.9 Å². The number of hydrogen-bond acceptors (Lipinski definition) is 3. The molecule has 16 heavy (non-hydrogen) atoms. The van der Waals surface area contributed by atoms with E-state index >= 15 is 0 Å². The zero-order valence-electron chi connectivity index (χ0n) is 10.1. The van der Waals surface area contributed by atoms with Gasteiger partial charge in [0, 0.05) is 10.9 Å². The lowest BCUT2D eigenvalue weighted by atomic mass is 10.2. The number of fused-ring (bicyclic) bond motifs is 1. The summed E-state index contributed by atoms with van der Waals surface area (Å²) in [4.78, 5) is 18.7. The third-order valence-corrected chi connectivity index (χ3v) is 4.30. The van der Waals surface area contributed by atoms with Gasteiger partial charge in [-0.3, -0.25) is 9.36 Å². The molecular weight excluding hydrogens is 220 g/mol. The third-order valence-electron chi connectivity index (χ3n) is 3.18. The van der Waals surface area contributed by atoms with Crippen molar-refractivity contribution < 1.29 is 0 Å². The van der Waals surface area contributed by atoms with E-state index in [4.69, 9.17) is 0 Å². The van der Waals surface area contributed by atoms with Crippen LogP contribution in [0.1, 0.15) is 36.8 Å². The summed E-state index contributed by atoms with van der Waals surface area (Å²) in [5.41, 5.74) is 1.18. The standard InChI is InChI=1S/C12H16N2OS/c1-5-7(2)14-6-13-11-10(12(14)15)8(3)9(4)16-11/h6-7H,5H2,1-4H3. The molecule has 0 aliphatic heterocycles. The third kappa shape index (κ3) is 1.57. The summed E-state index contributed by atoms with van der Waals surface area (Å²) in [6, 6.07) is 0.212. The largest absolute Gasteiger partial charge is 0.296 e. The smallest absolute Gasteiger partial charge is 0.262 e. The number of hydrogen-bond donors (Lipinski definition) is 0. The summed E-state index contributed by atoms with van der Waals surface area (Å²) in [6.45, 7) is 8.16. The van der Waals surface area contributed by atoms with Crippen molar-refractivity contribution in [2.45, 2.75) is 40.2 Å². The second-order valence-electron chi connectivity index (χ2n) is 4.18. The molecule has 2 aromatic rings. The summed E-state index contributed by atoms with van der Waals surface area (Å²) < 4.78 is 1.74. The Balaban J connectivity index is 2.78. The van der Waals surface area contributed by atoms with Crippen molar-refractivity contribution in [3.05, 3.63) is 27.1 Å². The molecule has 0 saturated heterocycles. The highest BCUT2D eigenvalue weighted by Gasteiger charge is 2.13. The molecule has 0 fully saturated rings. The fourth-order valence-corrected chi connectivity index (χ4v) is 2.75. The number of rotatable bonds is 2. The van der Waals surface area contributed by atoms with Crippen LogP contribution in [0.4, 0.5) is 0 Å². The molecular formula is C12H16N2OS. The Morgan fingerprint density at radius 2 is 2.19 bits per heavy atom. The highest BCUT2D eigenvalue weighted by Crippen LogP contribution is 2.25. The van der Waals surface area contributed by atoms with Crippen LogP contribution in [0.25, 0.3) is 10.2 Å². The molecule has 4 heteroatoms. The van der Waals surface area contributed by atoms with Crippen LogP contribution in [0.3, 0.4) is 0 Å². The minimum atomic E-state index is 0.0983. The lowest BCUT2D eigenvalue weighted by Crippen LogP contribution is -2.23. The molecule has 0 aliphatic carbocycles. The molecule has 2 aromatic heterocycles. The van der Waals surface area contributed by atoms with Crippen molar-refractivity contribution >= 4 is 21.6 Å². The molecule has 1 unspecified atom stereocenters. The maximum absolute atomic E-state index is 12.3. The lowest BCUT2D eigenvalue weighted by molar-refractivity contribution is 0.511. The molecule has 0 radical (unpaired) electrons. The molecule has 2 heterocycles. The second kappa shape index (κ2) is 4.01. The first-order chi connectivity index (χ1) is 7.56. The zero-order chi connectivity index (χ0) is 11.9. The number of aromatic nitrogens is 2. The van der Waals surface area contributed by atoms with Crippen LogP contribution in [-0.4, -0.2) is 9.55 Å². The van der Waals surface area contributed by atoms with Crippen molar-refractivity contribution in [2.75, 3.05) is 0 Å². The van der Waals surface area contributed by atoms with Gasteiger partial charge in [0.25, 0.3) is 5.56 Å². The quantitative estimate of drug-likeness (QED) is 0.803. The molecule has 0 amide bonds. The summed E-state index contributed by atoms with van der Waals surface area (Å²) in [7, 11) is 0. The fraction of sp³-hybridized carbons (Fsp3) is 0.500. The Morgan fingerprint density at radius 1 is 1.50 bits per heavy atom. The maximum atomic E-state index is 12.3. The zero-order valence-corrected chi connectivity index (χ0v) is 10.9. The van der Waals surface area contributed by atoms with Gasteiger partial charge in [0.1, 0.15) is 4.83 Å². The van der Waals surface area contributed by atoms with Gasteiger partial charge in [-0.05, 0) is 32.8 Å².